The summed E-state index contributed by atoms with van der Waals surface area (Å²) in [6, 6.07) is -0.163. The lowest BCUT2D eigenvalue weighted by molar-refractivity contribution is -0.140. The van der Waals surface area contributed by atoms with Gasteiger partial charge in [-0.1, -0.05) is 0 Å². The van der Waals surface area contributed by atoms with Crippen molar-refractivity contribution in [3.8, 4) is 0 Å². The SMILES string of the molecule is CCO[C@H]1CCCN(C(=O)[C@H]2COCCN2)C1. The highest BCUT2D eigenvalue weighted by molar-refractivity contribution is 5.82. The first kappa shape index (κ1) is 12.8. The summed E-state index contributed by atoms with van der Waals surface area (Å²) in [6.45, 7) is 6.25. The molecule has 2 saturated heterocycles. The van der Waals surface area contributed by atoms with E-state index in [0.29, 0.717) is 13.2 Å². The Balaban J connectivity index is 1.85. The fraction of sp³-hybridized carbons (Fsp3) is 0.917. The molecule has 2 rings (SSSR count). The number of ether oxygens (including phenoxy) is 2. The van der Waals surface area contributed by atoms with Crippen LogP contribution in [-0.2, 0) is 14.3 Å². The molecule has 2 fully saturated rings. The third-order valence-electron chi connectivity index (χ3n) is 3.31. The summed E-state index contributed by atoms with van der Waals surface area (Å²) < 4.78 is 10.9. The fourth-order valence-corrected chi connectivity index (χ4v) is 2.45. The molecule has 5 nitrogen and oxygen atoms in total. The van der Waals surface area contributed by atoms with Crippen molar-refractivity contribution in [1.82, 2.24) is 10.2 Å². The van der Waals surface area contributed by atoms with E-state index < -0.39 is 0 Å². The van der Waals surface area contributed by atoms with Crippen LogP contribution in [0.15, 0.2) is 0 Å². The molecule has 0 radical (unpaired) electrons. The molecule has 0 aromatic rings. The Morgan fingerprint density at radius 3 is 3.18 bits per heavy atom. The molecule has 0 aromatic heterocycles. The predicted molar refractivity (Wildman–Crippen MR) is 63.8 cm³/mol. The molecule has 98 valence electrons. The van der Waals surface area contributed by atoms with Gasteiger partial charge in [-0.3, -0.25) is 4.79 Å². The molecule has 0 unspecified atom stereocenters. The van der Waals surface area contributed by atoms with Crippen molar-refractivity contribution in [2.45, 2.75) is 31.9 Å². The molecule has 0 aromatic carbocycles. The van der Waals surface area contributed by atoms with Crippen LogP contribution in [0.5, 0.6) is 0 Å². The molecule has 2 aliphatic heterocycles. The van der Waals surface area contributed by atoms with E-state index in [4.69, 9.17) is 9.47 Å². The summed E-state index contributed by atoms with van der Waals surface area (Å²) in [4.78, 5) is 14.1. The van der Waals surface area contributed by atoms with Crippen molar-refractivity contribution in [3.63, 3.8) is 0 Å². The van der Waals surface area contributed by atoms with E-state index in [1.165, 1.54) is 0 Å². The largest absolute Gasteiger partial charge is 0.378 e. The summed E-state index contributed by atoms with van der Waals surface area (Å²) in [5, 5.41) is 3.21. The number of carbonyl (C=O) groups is 1. The number of likely N-dealkylation sites (tertiary alicyclic amines) is 1. The Hall–Kier alpha value is -0.650. The predicted octanol–water partition coefficient (Wildman–Crippen LogP) is 0.00230. The van der Waals surface area contributed by atoms with Crippen LogP contribution in [0.2, 0.25) is 0 Å². The Bertz CT molecular complexity index is 252. The van der Waals surface area contributed by atoms with Crippen molar-refractivity contribution in [2.24, 2.45) is 0 Å². The van der Waals surface area contributed by atoms with Crippen LogP contribution in [-0.4, -0.2) is 62.4 Å². The van der Waals surface area contributed by atoms with Crippen molar-refractivity contribution in [3.05, 3.63) is 0 Å². The molecule has 0 saturated carbocycles. The maximum absolute atomic E-state index is 12.2. The third kappa shape index (κ3) is 3.40. The van der Waals surface area contributed by atoms with Crippen molar-refractivity contribution >= 4 is 5.91 Å². The third-order valence-corrected chi connectivity index (χ3v) is 3.31. The van der Waals surface area contributed by atoms with Crippen LogP contribution in [0.1, 0.15) is 19.8 Å². The van der Waals surface area contributed by atoms with Crippen molar-refractivity contribution in [2.75, 3.05) is 39.5 Å². The molecular weight excluding hydrogens is 220 g/mol. The quantitative estimate of drug-likeness (QED) is 0.757. The molecule has 5 heteroatoms. The lowest BCUT2D eigenvalue weighted by Crippen LogP contribution is -2.55. The number of morpholine rings is 1. The molecule has 1 amide bonds. The van der Waals surface area contributed by atoms with Crippen LogP contribution < -0.4 is 5.32 Å². The second kappa shape index (κ2) is 6.33. The highest BCUT2D eigenvalue weighted by atomic mass is 16.5. The van der Waals surface area contributed by atoms with E-state index in [1.807, 2.05) is 11.8 Å². The zero-order valence-corrected chi connectivity index (χ0v) is 10.5. The first-order valence-corrected chi connectivity index (χ1v) is 6.52. The minimum absolute atomic E-state index is 0.161. The molecule has 17 heavy (non-hydrogen) atoms. The van der Waals surface area contributed by atoms with Gasteiger partial charge in [-0.05, 0) is 19.8 Å². The van der Waals surface area contributed by atoms with E-state index in [0.717, 1.165) is 39.1 Å². The maximum Gasteiger partial charge on any atom is 0.242 e. The monoisotopic (exact) mass is 242 g/mol. The van der Waals surface area contributed by atoms with Crippen LogP contribution in [0.25, 0.3) is 0 Å². The molecule has 0 bridgehead atoms. The number of nitrogens with one attached hydrogen (secondary N) is 1. The Morgan fingerprint density at radius 1 is 1.59 bits per heavy atom. The van der Waals surface area contributed by atoms with Gasteiger partial charge in [-0.15, -0.1) is 0 Å². The van der Waals surface area contributed by atoms with E-state index in [-0.39, 0.29) is 18.1 Å². The number of nitrogens with zero attached hydrogens (tertiary/aromatic N) is 1. The normalized spacial score (nSPS) is 30.3. The van der Waals surface area contributed by atoms with E-state index in [1.54, 1.807) is 0 Å². The van der Waals surface area contributed by atoms with E-state index in [2.05, 4.69) is 5.32 Å². The fourth-order valence-electron chi connectivity index (χ4n) is 2.45. The van der Waals surface area contributed by atoms with Gasteiger partial charge in [0.25, 0.3) is 0 Å². The summed E-state index contributed by atoms with van der Waals surface area (Å²) >= 11 is 0. The van der Waals surface area contributed by atoms with E-state index in [9.17, 15) is 4.79 Å². The average Bonchev–Trinajstić information content (AvgIpc) is 2.40. The summed E-state index contributed by atoms with van der Waals surface area (Å²) in [5.41, 5.74) is 0. The van der Waals surface area contributed by atoms with Gasteiger partial charge < -0.3 is 19.7 Å². The first-order chi connectivity index (χ1) is 8.31. The summed E-state index contributed by atoms with van der Waals surface area (Å²) in [7, 11) is 0. The second-order valence-electron chi connectivity index (χ2n) is 4.59. The molecule has 2 atom stereocenters. The van der Waals surface area contributed by atoms with Gasteiger partial charge in [0.05, 0.1) is 19.3 Å². The smallest absolute Gasteiger partial charge is 0.242 e. The maximum atomic E-state index is 12.2. The topological polar surface area (TPSA) is 50.8 Å². The number of carbonyl (C=O) groups excluding carboxylic acids is 1. The minimum atomic E-state index is -0.163. The van der Waals surface area contributed by atoms with Gasteiger partial charge in [0.2, 0.25) is 5.91 Å². The minimum Gasteiger partial charge on any atom is -0.378 e. The zero-order chi connectivity index (χ0) is 12.1. The molecular formula is C12H22N2O3. The molecule has 1 N–H and O–H groups in total. The van der Waals surface area contributed by atoms with Crippen LogP contribution in [0, 0.1) is 0 Å². The number of piperidine rings is 1. The molecule has 0 aliphatic carbocycles. The Labute approximate surface area is 102 Å². The molecule has 2 aliphatic rings. The number of amides is 1. The lowest BCUT2D eigenvalue weighted by atomic mass is 10.1. The molecule has 0 spiro atoms. The highest BCUT2D eigenvalue weighted by Crippen LogP contribution is 2.14. The number of hydrogen-bond acceptors (Lipinski definition) is 4. The average molecular weight is 242 g/mol. The van der Waals surface area contributed by atoms with E-state index >= 15 is 0 Å². The van der Waals surface area contributed by atoms with Gasteiger partial charge in [0.15, 0.2) is 0 Å². The van der Waals surface area contributed by atoms with Crippen molar-refractivity contribution < 1.29 is 14.3 Å². The highest BCUT2D eigenvalue weighted by Gasteiger charge is 2.30. The zero-order valence-electron chi connectivity index (χ0n) is 10.5. The molecule has 2 heterocycles. The number of hydrogen-bond donors (Lipinski definition) is 1. The van der Waals surface area contributed by atoms with Crippen LogP contribution in [0.4, 0.5) is 0 Å². The van der Waals surface area contributed by atoms with Gasteiger partial charge >= 0.3 is 0 Å². The lowest BCUT2D eigenvalue weighted by Gasteiger charge is -2.35. The summed E-state index contributed by atoms with van der Waals surface area (Å²) in [5.74, 6) is 0.161. The Morgan fingerprint density at radius 2 is 2.47 bits per heavy atom. The van der Waals surface area contributed by atoms with Gasteiger partial charge in [0, 0.05) is 26.2 Å². The standard InChI is InChI=1S/C12H22N2O3/c1-2-17-10-4-3-6-14(8-10)12(15)11-9-16-7-5-13-11/h10-11,13H,2-9H2,1H3/t10-,11+/m0/s1. The van der Waals surface area contributed by atoms with Crippen molar-refractivity contribution in [1.29, 1.82) is 0 Å². The number of rotatable bonds is 3. The first-order valence-electron chi connectivity index (χ1n) is 6.52. The second-order valence-corrected chi connectivity index (χ2v) is 4.59. The Kier molecular flexibility index (Phi) is 4.76. The van der Waals surface area contributed by atoms with Crippen LogP contribution >= 0.6 is 0 Å². The van der Waals surface area contributed by atoms with Gasteiger partial charge in [-0.25, -0.2) is 0 Å². The van der Waals surface area contributed by atoms with Crippen LogP contribution in [0.3, 0.4) is 0 Å². The van der Waals surface area contributed by atoms with Gasteiger partial charge in [0.1, 0.15) is 6.04 Å². The van der Waals surface area contributed by atoms with Gasteiger partial charge in [-0.2, -0.15) is 0 Å². The summed E-state index contributed by atoms with van der Waals surface area (Å²) in [6.07, 6.45) is 2.30.